The number of hydrogen-bond acceptors (Lipinski definition) is 3. The van der Waals surface area contributed by atoms with Gasteiger partial charge in [-0.15, -0.1) is 0 Å². The molecule has 1 fully saturated rings. The van der Waals surface area contributed by atoms with Crippen molar-refractivity contribution >= 4 is 5.91 Å². The number of nitrogens with zero attached hydrogens (tertiary/aromatic N) is 1. The smallest absolute Gasteiger partial charge is 0.220 e. The molecule has 1 saturated heterocycles. The highest BCUT2D eigenvalue weighted by molar-refractivity contribution is 5.75. The minimum Gasteiger partial charge on any atom is -0.355 e. The Morgan fingerprint density at radius 1 is 1.35 bits per heavy atom. The first-order valence-corrected chi connectivity index (χ1v) is 8.22. The number of likely N-dealkylation sites (N-methyl/N-ethyl adjacent to an activating group) is 1. The van der Waals surface area contributed by atoms with Crippen LogP contribution in [0.5, 0.6) is 0 Å². The van der Waals surface area contributed by atoms with Crippen molar-refractivity contribution in [2.45, 2.75) is 52.0 Å². The van der Waals surface area contributed by atoms with Gasteiger partial charge in [-0.3, -0.25) is 4.79 Å². The summed E-state index contributed by atoms with van der Waals surface area (Å²) in [5.74, 6) is 1.57. The van der Waals surface area contributed by atoms with Gasteiger partial charge in [0.05, 0.1) is 0 Å². The van der Waals surface area contributed by atoms with Crippen LogP contribution in [0.1, 0.15) is 46.0 Å². The maximum absolute atomic E-state index is 12.0. The third-order valence-electron chi connectivity index (χ3n) is 4.71. The van der Waals surface area contributed by atoms with E-state index >= 15 is 0 Å². The zero-order valence-corrected chi connectivity index (χ0v) is 13.7. The molecule has 0 aromatic carbocycles. The van der Waals surface area contributed by atoms with Crippen molar-refractivity contribution in [3.05, 3.63) is 0 Å². The minimum absolute atomic E-state index is 0.217. The molecular weight excluding hydrogens is 250 g/mol. The van der Waals surface area contributed by atoms with Crippen LogP contribution in [0, 0.1) is 11.8 Å². The van der Waals surface area contributed by atoms with Gasteiger partial charge in [-0.05, 0) is 51.9 Å². The molecular formula is C16H33N3O. The average molecular weight is 283 g/mol. The molecule has 118 valence electrons. The molecule has 2 atom stereocenters. The van der Waals surface area contributed by atoms with Crippen molar-refractivity contribution in [2.24, 2.45) is 11.8 Å². The molecule has 1 aliphatic rings. The summed E-state index contributed by atoms with van der Waals surface area (Å²) in [4.78, 5) is 14.2. The van der Waals surface area contributed by atoms with Crippen LogP contribution in [0.25, 0.3) is 0 Å². The van der Waals surface area contributed by atoms with E-state index < -0.39 is 0 Å². The van der Waals surface area contributed by atoms with Gasteiger partial charge in [0.1, 0.15) is 0 Å². The molecule has 0 saturated carbocycles. The molecule has 0 bridgehead atoms. The molecule has 0 aliphatic carbocycles. The second kappa shape index (κ2) is 9.35. The lowest BCUT2D eigenvalue weighted by atomic mass is 9.93. The highest BCUT2D eigenvalue weighted by atomic mass is 16.1. The largest absolute Gasteiger partial charge is 0.355 e. The van der Waals surface area contributed by atoms with E-state index in [1.54, 1.807) is 0 Å². The molecule has 0 spiro atoms. The third kappa shape index (κ3) is 5.80. The molecule has 0 aromatic rings. The molecule has 2 unspecified atom stereocenters. The molecule has 0 radical (unpaired) electrons. The van der Waals surface area contributed by atoms with Gasteiger partial charge in [0.15, 0.2) is 0 Å². The second-order valence-corrected chi connectivity index (χ2v) is 6.31. The Morgan fingerprint density at radius 2 is 2.05 bits per heavy atom. The molecule has 20 heavy (non-hydrogen) atoms. The fourth-order valence-corrected chi connectivity index (χ4v) is 3.21. The maximum Gasteiger partial charge on any atom is 0.220 e. The monoisotopic (exact) mass is 283 g/mol. The molecule has 1 heterocycles. The molecule has 1 amide bonds. The predicted molar refractivity (Wildman–Crippen MR) is 84.8 cm³/mol. The SMILES string of the molecule is CCC(CC)C(CNC(=O)CCC1CCNC1)N(C)C. The molecule has 1 rings (SSSR count). The van der Waals surface area contributed by atoms with Crippen molar-refractivity contribution in [3.8, 4) is 0 Å². The summed E-state index contributed by atoms with van der Waals surface area (Å²) >= 11 is 0. The first-order chi connectivity index (χ1) is 9.58. The number of amides is 1. The van der Waals surface area contributed by atoms with Gasteiger partial charge in [-0.1, -0.05) is 26.7 Å². The van der Waals surface area contributed by atoms with Crippen LogP contribution in [-0.2, 0) is 4.79 Å². The normalized spacial score (nSPS) is 20.6. The van der Waals surface area contributed by atoms with Gasteiger partial charge in [0.25, 0.3) is 0 Å². The highest BCUT2D eigenvalue weighted by Gasteiger charge is 2.21. The zero-order valence-electron chi connectivity index (χ0n) is 13.7. The van der Waals surface area contributed by atoms with Crippen molar-refractivity contribution in [1.29, 1.82) is 0 Å². The molecule has 4 nitrogen and oxygen atoms in total. The summed E-state index contributed by atoms with van der Waals surface area (Å²) < 4.78 is 0. The Balaban J connectivity index is 2.28. The van der Waals surface area contributed by atoms with E-state index in [9.17, 15) is 4.79 Å². The van der Waals surface area contributed by atoms with Crippen LogP contribution >= 0.6 is 0 Å². The van der Waals surface area contributed by atoms with Gasteiger partial charge in [0, 0.05) is 19.0 Å². The Morgan fingerprint density at radius 3 is 2.55 bits per heavy atom. The van der Waals surface area contributed by atoms with Crippen LogP contribution in [0.3, 0.4) is 0 Å². The van der Waals surface area contributed by atoms with Gasteiger partial charge in [-0.25, -0.2) is 0 Å². The fraction of sp³-hybridized carbons (Fsp3) is 0.938. The number of hydrogen-bond donors (Lipinski definition) is 2. The van der Waals surface area contributed by atoms with Crippen LogP contribution in [0.15, 0.2) is 0 Å². The predicted octanol–water partition coefficient (Wildman–Crippen LogP) is 1.86. The van der Waals surface area contributed by atoms with E-state index in [4.69, 9.17) is 0 Å². The van der Waals surface area contributed by atoms with Crippen molar-refractivity contribution in [3.63, 3.8) is 0 Å². The van der Waals surface area contributed by atoms with Gasteiger partial charge in [-0.2, -0.15) is 0 Å². The van der Waals surface area contributed by atoms with Crippen LogP contribution in [0.2, 0.25) is 0 Å². The lowest BCUT2D eigenvalue weighted by molar-refractivity contribution is -0.121. The molecule has 0 aromatic heterocycles. The topological polar surface area (TPSA) is 44.4 Å². The van der Waals surface area contributed by atoms with E-state index in [-0.39, 0.29) is 5.91 Å². The van der Waals surface area contributed by atoms with Crippen LogP contribution in [-0.4, -0.2) is 50.6 Å². The minimum atomic E-state index is 0.217. The standard InChI is InChI=1S/C16H33N3O/c1-5-14(6-2)15(19(3)4)12-18-16(20)8-7-13-9-10-17-11-13/h13-15,17H,5-12H2,1-4H3,(H,18,20). The quantitative estimate of drug-likeness (QED) is 0.679. The first kappa shape index (κ1) is 17.4. The Kier molecular flexibility index (Phi) is 8.15. The van der Waals surface area contributed by atoms with Crippen LogP contribution in [0.4, 0.5) is 0 Å². The second-order valence-electron chi connectivity index (χ2n) is 6.31. The lowest BCUT2D eigenvalue weighted by Crippen LogP contribution is -2.44. The maximum atomic E-state index is 12.0. The van der Waals surface area contributed by atoms with Gasteiger partial charge < -0.3 is 15.5 Å². The first-order valence-electron chi connectivity index (χ1n) is 8.22. The Labute approximate surface area is 124 Å². The number of nitrogens with one attached hydrogen (secondary N) is 2. The summed E-state index contributed by atoms with van der Waals surface area (Å²) in [6.45, 7) is 7.45. The number of rotatable bonds is 9. The third-order valence-corrected chi connectivity index (χ3v) is 4.71. The van der Waals surface area contributed by atoms with Crippen LogP contribution < -0.4 is 10.6 Å². The van der Waals surface area contributed by atoms with Crippen molar-refractivity contribution in [1.82, 2.24) is 15.5 Å². The lowest BCUT2D eigenvalue weighted by Gasteiger charge is -2.31. The van der Waals surface area contributed by atoms with Gasteiger partial charge in [0.2, 0.25) is 5.91 Å². The zero-order chi connectivity index (χ0) is 15.0. The van der Waals surface area contributed by atoms with E-state index in [1.165, 1.54) is 19.3 Å². The summed E-state index contributed by atoms with van der Waals surface area (Å²) in [5, 5.41) is 6.49. The summed E-state index contributed by atoms with van der Waals surface area (Å²) in [6.07, 6.45) is 5.26. The van der Waals surface area contributed by atoms with Crippen molar-refractivity contribution < 1.29 is 4.79 Å². The molecule has 1 aliphatic heterocycles. The van der Waals surface area contributed by atoms with Gasteiger partial charge >= 0.3 is 0 Å². The average Bonchev–Trinajstić information content (AvgIpc) is 2.94. The van der Waals surface area contributed by atoms with E-state index in [0.717, 1.165) is 26.1 Å². The summed E-state index contributed by atoms with van der Waals surface area (Å²) in [5.41, 5.74) is 0. The molecule has 4 heteroatoms. The summed E-state index contributed by atoms with van der Waals surface area (Å²) in [7, 11) is 4.22. The fourth-order valence-electron chi connectivity index (χ4n) is 3.21. The molecule has 2 N–H and O–H groups in total. The number of carbonyl (C=O) groups excluding carboxylic acids is 1. The Hall–Kier alpha value is -0.610. The van der Waals surface area contributed by atoms with E-state index in [1.807, 2.05) is 0 Å². The van der Waals surface area contributed by atoms with E-state index in [0.29, 0.717) is 24.3 Å². The number of carbonyl (C=O) groups is 1. The summed E-state index contributed by atoms with van der Waals surface area (Å²) in [6, 6.07) is 0.446. The van der Waals surface area contributed by atoms with Crippen molar-refractivity contribution in [2.75, 3.05) is 33.7 Å². The highest BCUT2D eigenvalue weighted by Crippen LogP contribution is 2.17. The van der Waals surface area contributed by atoms with E-state index in [2.05, 4.69) is 43.5 Å². The Bertz CT molecular complexity index is 271.